The van der Waals surface area contributed by atoms with Gasteiger partial charge in [0.05, 0.1) is 13.2 Å². The summed E-state index contributed by atoms with van der Waals surface area (Å²) in [5.74, 6) is 0.220. The molecular weight excluding hydrogens is 248 g/mol. The van der Waals surface area contributed by atoms with Crippen molar-refractivity contribution in [3.63, 3.8) is 0 Å². The number of hydrogen-bond donors (Lipinski definition) is 3. The highest BCUT2D eigenvalue weighted by Gasteiger charge is 2.20. The van der Waals surface area contributed by atoms with Crippen LogP contribution in [0.15, 0.2) is 0 Å². The molecule has 0 saturated heterocycles. The third-order valence-electron chi connectivity index (χ3n) is 1.79. The van der Waals surface area contributed by atoms with Gasteiger partial charge in [-0.1, -0.05) is 13.8 Å². The van der Waals surface area contributed by atoms with E-state index in [1.54, 1.807) is 11.6 Å². The van der Waals surface area contributed by atoms with E-state index in [-0.39, 0.29) is 19.1 Å². The van der Waals surface area contributed by atoms with Crippen molar-refractivity contribution < 1.29 is 23.1 Å². The SMILES string of the molecule is CCOC(=O)NS(=O)(=O)NC(CO)CC(C)C. The van der Waals surface area contributed by atoms with Gasteiger partial charge in [0, 0.05) is 6.04 Å². The average molecular weight is 268 g/mol. The Hall–Kier alpha value is -0.860. The highest BCUT2D eigenvalue weighted by Crippen LogP contribution is 2.04. The largest absolute Gasteiger partial charge is 0.449 e. The zero-order valence-corrected chi connectivity index (χ0v) is 11.1. The Balaban J connectivity index is 4.36. The van der Waals surface area contributed by atoms with Crippen LogP contribution in [0, 0.1) is 5.92 Å². The minimum atomic E-state index is -3.99. The van der Waals surface area contributed by atoms with Crippen molar-refractivity contribution in [3.8, 4) is 0 Å². The number of nitrogens with one attached hydrogen (secondary N) is 2. The van der Waals surface area contributed by atoms with Gasteiger partial charge < -0.3 is 9.84 Å². The quantitative estimate of drug-likeness (QED) is 0.601. The first-order valence-corrected chi connectivity index (χ1v) is 6.86. The van der Waals surface area contributed by atoms with Crippen LogP contribution in [0.5, 0.6) is 0 Å². The summed E-state index contributed by atoms with van der Waals surface area (Å²) in [6.07, 6.45) is -0.568. The number of carbonyl (C=O) groups excluding carboxylic acids is 1. The summed E-state index contributed by atoms with van der Waals surface area (Å²) in [6, 6.07) is -0.623. The van der Waals surface area contributed by atoms with Crippen LogP contribution >= 0.6 is 0 Å². The van der Waals surface area contributed by atoms with Crippen LogP contribution in [-0.4, -0.2) is 38.9 Å². The summed E-state index contributed by atoms with van der Waals surface area (Å²) >= 11 is 0. The van der Waals surface area contributed by atoms with Crippen LogP contribution in [0.3, 0.4) is 0 Å². The lowest BCUT2D eigenvalue weighted by Gasteiger charge is -2.18. The monoisotopic (exact) mass is 268 g/mol. The van der Waals surface area contributed by atoms with E-state index in [1.807, 2.05) is 13.8 Å². The maximum absolute atomic E-state index is 11.4. The number of aliphatic hydroxyl groups is 1. The van der Waals surface area contributed by atoms with Crippen LogP contribution < -0.4 is 9.44 Å². The topological polar surface area (TPSA) is 105 Å². The Bertz CT molecular complexity index is 328. The van der Waals surface area contributed by atoms with E-state index in [1.165, 1.54) is 0 Å². The molecule has 0 saturated carbocycles. The number of amides is 1. The molecule has 1 atom stereocenters. The lowest BCUT2D eigenvalue weighted by Crippen LogP contribution is -2.47. The number of aliphatic hydroxyl groups excluding tert-OH is 1. The molecule has 7 nitrogen and oxygen atoms in total. The Morgan fingerprint density at radius 3 is 2.41 bits per heavy atom. The number of hydrogen-bond acceptors (Lipinski definition) is 5. The lowest BCUT2D eigenvalue weighted by atomic mass is 10.1. The molecule has 102 valence electrons. The maximum atomic E-state index is 11.4. The molecule has 0 aromatic carbocycles. The summed E-state index contributed by atoms with van der Waals surface area (Å²) in [7, 11) is -3.99. The van der Waals surface area contributed by atoms with Gasteiger partial charge in [0.15, 0.2) is 0 Å². The molecule has 0 aliphatic carbocycles. The van der Waals surface area contributed by atoms with Crippen molar-refractivity contribution in [1.82, 2.24) is 9.44 Å². The Kier molecular flexibility index (Phi) is 7.09. The highest BCUT2D eigenvalue weighted by molar-refractivity contribution is 7.88. The number of ether oxygens (including phenoxy) is 1. The first-order chi connectivity index (χ1) is 7.80. The predicted octanol–water partition coefficient (Wildman–Crippen LogP) is -0.0261. The fourth-order valence-corrected chi connectivity index (χ4v) is 2.19. The molecular formula is C9H20N2O5S. The van der Waals surface area contributed by atoms with Crippen molar-refractivity contribution in [2.45, 2.75) is 33.2 Å². The van der Waals surface area contributed by atoms with Crippen LogP contribution in [0.1, 0.15) is 27.2 Å². The second-order valence-electron chi connectivity index (χ2n) is 3.95. The molecule has 1 amide bonds. The van der Waals surface area contributed by atoms with E-state index in [9.17, 15) is 13.2 Å². The molecule has 0 bridgehead atoms. The number of carbonyl (C=O) groups is 1. The first-order valence-electron chi connectivity index (χ1n) is 5.38. The second-order valence-corrected chi connectivity index (χ2v) is 5.40. The molecule has 0 spiro atoms. The van der Waals surface area contributed by atoms with Crippen molar-refractivity contribution in [2.75, 3.05) is 13.2 Å². The molecule has 0 aromatic heterocycles. The van der Waals surface area contributed by atoms with Crippen LogP contribution in [0.2, 0.25) is 0 Å². The summed E-state index contributed by atoms with van der Waals surface area (Å²) in [5.41, 5.74) is 0. The maximum Gasteiger partial charge on any atom is 0.421 e. The molecule has 0 aliphatic rings. The minimum absolute atomic E-state index is 0.0801. The lowest BCUT2D eigenvalue weighted by molar-refractivity contribution is 0.158. The van der Waals surface area contributed by atoms with Gasteiger partial charge in [-0.3, -0.25) is 0 Å². The first kappa shape index (κ1) is 16.1. The Morgan fingerprint density at radius 1 is 1.41 bits per heavy atom. The third-order valence-corrected chi connectivity index (χ3v) is 2.87. The van der Waals surface area contributed by atoms with E-state index in [0.717, 1.165) is 0 Å². The molecule has 0 radical (unpaired) electrons. The molecule has 0 rings (SSSR count). The third kappa shape index (κ3) is 7.94. The molecule has 17 heavy (non-hydrogen) atoms. The average Bonchev–Trinajstić information content (AvgIpc) is 2.14. The van der Waals surface area contributed by atoms with E-state index in [2.05, 4.69) is 9.46 Å². The molecule has 0 fully saturated rings. The second kappa shape index (κ2) is 7.46. The molecule has 8 heteroatoms. The van der Waals surface area contributed by atoms with Gasteiger partial charge >= 0.3 is 16.3 Å². The van der Waals surface area contributed by atoms with Gasteiger partial charge in [-0.2, -0.15) is 13.1 Å². The van der Waals surface area contributed by atoms with Gasteiger partial charge in [-0.05, 0) is 19.3 Å². The normalized spacial score (nSPS) is 13.5. The van der Waals surface area contributed by atoms with Crippen LogP contribution in [0.25, 0.3) is 0 Å². The zero-order chi connectivity index (χ0) is 13.5. The van der Waals surface area contributed by atoms with Crippen LogP contribution in [0.4, 0.5) is 4.79 Å². The summed E-state index contributed by atoms with van der Waals surface area (Å²) in [6.45, 7) is 5.11. The smallest absolute Gasteiger partial charge is 0.421 e. The number of rotatable bonds is 7. The minimum Gasteiger partial charge on any atom is -0.449 e. The van der Waals surface area contributed by atoms with Crippen LogP contribution in [-0.2, 0) is 14.9 Å². The molecule has 1 unspecified atom stereocenters. The van der Waals surface area contributed by atoms with Crippen molar-refractivity contribution in [2.24, 2.45) is 5.92 Å². The van der Waals surface area contributed by atoms with Crippen molar-refractivity contribution >= 4 is 16.3 Å². The predicted molar refractivity (Wildman–Crippen MR) is 62.5 cm³/mol. The summed E-state index contributed by atoms with van der Waals surface area (Å²) in [4.78, 5) is 10.9. The van der Waals surface area contributed by atoms with Gasteiger partial charge in [-0.25, -0.2) is 9.52 Å². The molecule has 3 N–H and O–H groups in total. The fourth-order valence-electron chi connectivity index (χ4n) is 1.25. The van der Waals surface area contributed by atoms with Gasteiger partial charge in [0.2, 0.25) is 0 Å². The molecule has 0 aromatic rings. The summed E-state index contributed by atoms with van der Waals surface area (Å²) in [5, 5.41) is 9.00. The standard InChI is InChI=1S/C9H20N2O5S/c1-4-16-9(13)11-17(14,15)10-8(6-12)5-7(2)3/h7-8,10,12H,4-6H2,1-3H3,(H,11,13). The van der Waals surface area contributed by atoms with E-state index in [0.29, 0.717) is 6.42 Å². The Morgan fingerprint density at radius 2 is 2.00 bits per heavy atom. The zero-order valence-electron chi connectivity index (χ0n) is 10.3. The van der Waals surface area contributed by atoms with E-state index >= 15 is 0 Å². The fraction of sp³-hybridized carbons (Fsp3) is 0.889. The Labute approximate surface area is 102 Å². The summed E-state index contributed by atoms with van der Waals surface area (Å²) < 4.78 is 31.2. The van der Waals surface area contributed by atoms with E-state index in [4.69, 9.17) is 5.11 Å². The van der Waals surface area contributed by atoms with Crippen molar-refractivity contribution in [3.05, 3.63) is 0 Å². The van der Waals surface area contributed by atoms with Gasteiger partial charge in [0.25, 0.3) is 0 Å². The van der Waals surface area contributed by atoms with Gasteiger partial charge in [0.1, 0.15) is 0 Å². The molecule has 0 heterocycles. The van der Waals surface area contributed by atoms with E-state index < -0.39 is 22.3 Å². The van der Waals surface area contributed by atoms with Crippen molar-refractivity contribution in [1.29, 1.82) is 0 Å². The highest BCUT2D eigenvalue weighted by atomic mass is 32.2. The molecule has 0 aliphatic heterocycles. The van der Waals surface area contributed by atoms with Gasteiger partial charge in [-0.15, -0.1) is 0 Å².